The summed E-state index contributed by atoms with van der Waals surface area (Å²) in [6.07, 6.45) is 4.74. The van der Waals surface area contributed by atoms with Crippen molar-refractivity contribution in [1.29, 1.82) is 0 Å². The summed E-state index contributed by atoms with van der Waals surface area (Å²) in [5.41, 5.74) is 3.09. The van der Waals surface area contributed by atoms with Gasteiger partial charge < -0.3 is 19.3 Å². The number of fused-ring (bicyclic) bond motifs is 1. The Morgan fingerprint density at radius 2 is 2.11 bits per heavy atom. The second-order valence-electron chi connectivity index (χ2n) is 10.1. The average molecular weight is 509 g/mol. The summed E-state index contributed by atoms with van der Waals surface area (Å²) < 4.78 is 14.5. The summed E-state index contributed by atoms with van der Waals surface area (Å²) in [6.45, 7) is 9.10. The van der Waals surface area contributed by atoms with Crippen molar-refractivity contribution < 1.29 is 14.3 Å². The number of aryl methyl sites for hydroxylation is 3. The van der Waals surface area contributed by atoms with Gasteiger partial charge in [-0.3, -0.25) is 9.48 Å². The number of ether oxygens (including phenoxy) is 2. The summed E-state index contributed by atoms with van der Waals surface area (Å²) in [7, 11) is 2.18. The van der Waals surface area contributed by atoms with Crippen molar-refractivity contribution in [3.63, 3.8) is 0 Å². The van der Waals surface area contributed by atoms with E-state index in [1.54, 1.807) is 11.3 Å². The predicted molar refractivity (Wildman–Crippen MR) is 143 cm³/mol. The van der Waals surface area contributed by atoms with Crippen molar-refractivity contribution in [2.24, 2.45) is 5.92 Å². The smallest absolute Gasteiger partial charge is 0.224 e. The molecule has 2 aromatic heterocycles. The van der Waals surface area contributed by atoms with Gasteiger partial charge >= 0.3 is 0 Å². The molecule has 2 aliphatic rings. The van der Waals surface area contributed by atoms with Crippen molar-refractivity contribution in [1.82, 2.24) is 19.6 Å². The van der Waals surface area contributed by atoms with E-state index < -0.39 is 0 Å². The van der Waals surface area contributed by atoms with E-state index >= 15 is 0 Å². The van der Waals surface area contributed by atoms with Gasteiger partial charge in [-0.15, -0.1) is 11.3 Å². The van der Waals surface area contributed by atoms with E-state index in [0.29, 0.717) is 45.2 Å². The molecule has 0 radical (unpaired) electrons. The molecule has 1 fully saturated rings. The molecule has 1 atom stereocenters. The second-order valence-corrected chi connectivity index (χ2v) is 11.4. The fourth-order valence-corrected chi connectivity index (χ4v) is 5.96. The van der Waals surface area contributed by atoms with Gasteiger partial charge in [0.15, 0.2) is 11.5 Å². The number of hydrogen-bond acceptors (Lipinski definition) is 6. The van der Waals surface area contributed by atoms with Crippen LogP contribution in [0, 0.1) is 19.8 Å². The number of carbonyl (C=O) groups is 1. The third-order valence-corrected chi connectivity index (χ3v) is 8.05. The quantitative estimate of drug-likeness (QED) is 0.461. The van der Waals surface area contributed by atoms with E-state index in [1.165, 1.54) is 22.6 Å². The molecule has 2 aliphatic heterocycles. The molecule has 0 unspecified atom stereocenters. The van der Waals surface area contributed by atoms with Gasteiger partial charge in [-0.05, 0) is 76.2 Å². The number of carbonyl (C=O) groups excluding carboxylic acids is 1. The highest BCUT2D eigenvalue weighted by molar-refractivity contribution is 7.15. The van der Waals surface area contributed by atoms with Crippen molar-refractivity contribution in [3.8, 4) is 21.9 Å². The highest BCUT2D eigenvalue weighted by Gasteiger charge is 2.25. The minimum atomic E-state index is 0.115. The fourth-order valence-electron chi connectivity index (χ4n) is 5.11. The Hall–Kier alpha value is -2.84. The molecule has 0 bridgehead atoms. The van der Waals surface area contributed by atoms with Crippen LogP contribution in [0.15, 0.2) is 36.5 Å². The molecule has 0 aliphatic carbocycles. The van der Waals surface area contributed by atoms with Gasteiger partial charge in [0.25, 0.3) is 0 Å². The standard InChI is InChI=1S/C28H36N4O3S/c1-20-8-11-32(29-20)12-9-27(33)31-13-14-34-28-24(18-31)15-23(26-7-6-21(2)36-26)16-25(28)35-19-22-5-4-10-30(3)17-22/h6-8,11,15-16,22H,4-5,9-10,12-14,17-19H2,1-3H3/t22-/m1/s1. The number of aromatic nitrogens is 2. The third-order valence-electron chi connectivity index (χ3n) is 7.00. The highest BCUT2D eigenvalue weighted by atomic mass is 32.1. The van der Waals surface area contributed by atoms with Crippen molar-refractivity contribution in [2.75, 3.05) is 39.9 Å². The lowest BCUT2D eigenvalue weighted by molar-refractivity contribution is -0.132. The number of benzene rings is 1. The van der Waals surface area contributed by atoms with E-state index in [9.17, 15) is 4.79 Å². The van der Waals surface area contributed by atoms with E-state index in [4.69, 9.17) is 9.47 Å². The normalized spacial score (nSPS) is 18.4. The maximum atomic E-state index is 13.1. The molecule has 7 nitrogen and oxygen atoms in total. The van der Waals surface area contributed by atoms with E-state index in [-0.39, 0.29) is 5.91 Å². The first-order valence-corrected chi connectivity index (χ1v) is 13.7. The second kappa shape index (κ2) is 11.0. The lowest BCUT2D eigenvalue weighted by atomic mass is 9.99. The lowest BCUT2D eigenvalue weighted by Crippen LogP contribution is -2.34. The molecule has 1 amide bonds. The molecule has 192 valence electrons. The molecule has 8 heteroatoms. The molecular weight excluding hydrogens is 472 g/mol. The first-order valence-electron chi connectivity index (χ1n) is 12.9. The van der Waals surface area contributed by atoms with Gasteiger partial charge in [-0.2, -0.15) is 5.10 Å². The minimum Gasteiger partial charge on any atom is -0.489 e. The number of amides is 1. The van der Waals surface area contributed by atoms with E-state index in [2.05, 4.69) is 48.2 Å². The molecule has 0 spiro atoms. The first-order chi connectivity index (χ1) is 17.4. The van der Waals surface area contributed by atoms with Crippen LogP contribution in [-0.2, 0) is 17.9 Å². The Labute approximate surface area is 217 Å². The Morgan fingerprint density at radius 1 is 1.22 bits per heavy atom. The summed E-state index contributed by atoms with van der Waals surface area (Å²) in [4.78, 5) is 19.9. The maximum absolute atomic E-state index is 13.1. The monoisotopic (exact) mass is 508 g/mol. The largest absolute Gasteiger partial charge is 0.489 e. The molecular formula is C28H36N4O3S. The first kappa shape index (κ1) is 24.8. The Balaban J connectivity index is 1.36. The molecule has 3 aromatic rings. The number of nitrogens with zero attached hydrogens (tertiary/aromatic N) is 4. The molecule has 4 heterocycles. The van der Waals surface area contributed by atoms with Crippen molar-refractivity contribution >= 4 is 17.2 Å². The number of thiophene rings is 1. The maximum Gasteiger partial charge on any atom is 0.224 e. The SMILES string of the molecule is Cc1ccn(CCC(=O)N2CCOc3c(cc(-c4ccc(C)s4)cc3OC[C@@H]3CCCN(C)C3)C2)n1. The molecule has 36 heavy (non-hydrogen) atoms. The van der Waals surface area contributed by atoms with Crippen molar-refractivity contribution in [2.45, 2.75) is 46.2 Å². The topological polar surface area (TPSA) is 59.8 Å². The Morgan fingerprint density at radius 3 is 2.86 bits per heavy atom. The molecule has 5 rings (SSSR count). The fraction of sp³-hybridized carbons (Fsp3) is 0.500. The number of likely N-dealkylation sites (tertiary alicyclic amines) is 1. The van der Waals surface area contributed by atoms with Crippen LogP contribution in [0.2, 0.25) is 0 Å². The molecule has 1 saturated heterocycles. The van der Waals surface area contributed by atoms with Gasteiger partial charge in [0.05, 0.1) is 18.8 Å². The summed E-state index contributed by atoms with van der Waals surface area (Å²) in [6, 6.07) is 10.6. The van der Waals surface area contributed by atoms with Gasteiger partial charge in [0, 0.05) is 53.5 Å². The Kier molecular flexibility index (Phi) is 7.62. The van der Waals surface area contributed by atoms with Gasteiger partial charge in [-0.1, -0.05) is 0 Å². The van der Waals surface area contributed by atoms with Crippen LogP contribution in [0.1, 0.15) is 35.4 Å². The molecule has 0 N–H and O–H groups in total. The van der Waals surface area contributed by atoms with Crippen LogP contribution < -0.4 is 9.47 Å². The summed E-state index contributed by atoms with van der Waals surface area (Å²) in [5.74, 6) is 2.21. The van der Waals surface area contributed by atoms with Crippen molar-refractivity contribution in [3.05, 3.63) is 52.7 Å². The number of rotatable bonds is 7. The Bertz CT molecular complexity index is 1200. The zero-order valence-electron chi connectivity index (χ0n) is 21.5. The zero-order valence-corrected chi connectivity index (χ0v) is 22.4. The number of hydrogen-bond donors (Lipinski definition) is 0. The van der Waals surface area contributed by atoms with Gasteiger partial charge in [-0.25, -0.2) is 0 Å². The van der Waals surface area contributed by atoms with Crippen LogP contribution >= 0.6 is 11.3 Å². The van der Waals surface area contributed by atoms with Crippen LogP contribution in [0.3, 0.4) is 0 Å². The summed E-state index contributed by atoms with van der Waals surface area (Å²) >= 11 is 1.77. The van der Waals surface area contributed by atoms with Crippen LogP contribution in [0.25, 0.3) is 10.4 Å². The summed E-state index contributed by atoms with van der Waals surface area (Å²) in [5, 5.41) is 4.41. The average Bonchev–Trinajstić information content (AvgIpc) is 3.42. The van der Waals surface area contributed by atoms with E-state index in [1.807, 2.05) is 28.8 Å². The minimum absolute atomic E-state index is 0.115. The van der Waals surface area contributed by atoms with Crippen LogP contribution in [0.5, 0.6) is 11.5 Å². The molecule has 1 aromatic carbocycles. The lowest BCUT2D eigenvalue weighted by Gasteiger charge is -2.29. The van der Waals surface area contributed by atoms with Crippen LogP contribution in [-0.4, -0.2) is 65.4 Å². The van der Waals surface area contributed by atoms with Gasteiger partial charge in [0.1, 0.15) is 6.61 Å². The highest BCUT2D eigenvalue weighted by Crippen LogP contribution is 2.40. The number of piperidine rings is 1. The zero-order chi connectivity index (χ0) is 25.1. The van der Waals surface area contributed by atoms with E-state index in [0.717, 1.165) is 41.4 Å². The van der Waals surface area contributed by atoms with Crippen LogP contribution in [0.4, 0.5) is 0 Å². The third kappa shape index (κ3) is 5.93. The predicted octanol–water partition coefficient (Wildman–Crippen LogP) is 4.76. The van der Waals surface area contributed by atoms with Gasteiger partial charge in [0.2, 0.25) is 5.91 Å². The molecule has 0 saturated carbocycles.